The van der Waals surface area contributed by atoms with Crippen LogP contribution in [-0.2, 0) is 14.8 Å². The SMILES string of the molecule is O=C(NNc1ccc(NS(=O)(=O)c2cccc(-n3[nH]nnc3=S)c2)cc1O)C(F)(F)F. The maximum atomic E-state index is 12.7. The van der Waals surface area contributed by atoms with Gasteiger partial charge >= 0.3 is 12.1 Å². The number of hydrogen-bond donors (Lipinski definition) is 5. The predicted molar refractivity (Wildman–Crippen MR) is 103 cm³/mol. The summed E-state index contributed by atoms with van der Waals surface area (Å²) in [6.07, 6.45) is -5.12. The molecule has 0 aliphatic heterocycles. The number of benzene rings is 2. The molecule has 0 aliphatic carbocycles. The molecule has 0 aliphatic rings. The molecule has 0 atom stereocenters. The van der Waals surface area contributed by atoms with Crippen LogP contribution in [0, 0.1) is 4.77 Å². The highest BCUT2D eigenvalue weighted by atomic mass is 32.2. The van der Waals surface area contributed by atoms with Crippen LogP contribution in [-0.4, -0.2) is 45.8 Å². The van der Waals surface area contributed by atoms with Crippen LogP contribution >= 0.6 is 12.2 Å². The number of rotatable bonds is 6. The molecule has 1 aromatic heterocycles. The van der Waals surface area contributed by atoms with E-state index in [1.54, 1.807) is 6.07 Å². The quantitative estimate of drug-likeness (QED) is 0.206. The monoisotopic (exact) mass is 475 g/mol. The lowest BCUT2D eigenvalue weighted by Crippen LogP contribution is -2.40. The molecule has 2 aromatic carbocycles. The summed E-state index contributed by atoms with van der Waals surface area (Å²) in [6.45, 7) is 0. The summed E-state index contributed by atoms with van der Waals surface area (Å²) in [4.78, 5) is 10.7. The van der Waals surface area contributed by atoms with E-state index in [4.69, 9.17) is 12.2 Å². The molecule has 164 valence electrons. The van der Waals surface area contributed by atoms with Crippen LogP contribution in [0.2, 0.25) is 0 Å². The second kappa shape index (κ2) is 8.23. The number of tetrazole rings is 1. The van der Waals surface area contributed by atoms with Crippen molar-refractivity contribution in [1.29, 1.82) is 0 Å². The van der Waals surface area contributed by atoms with Crippen LogP contribution in [0.3, 0.4) is 0 Å². The molecular formula is C15H12F3N7O4S2. The van der Waals surface area contributed by atoms with E-state index < -0.39 is 27.9 Å². The first-order valence-corrected chi connectivity index (χ1v) is 9.96. The third kappa shape index (κ3) is 5.10. The lowest BCUT2D eigenvalue weighted by atomic mass is 10.2. The van der Waals surface area contributed by atoms with Crippen LogP contribution in [0.5, 0.6) is 5.75 Å². The minimum atomic E-state index is -5.12. The Morgan fingerprint density at radius 2 is 1.94 bits per heavy atom. The van der Waals surface area contributed by atoms with Crippen molar-refractivity contribution in [2.45, 2.75) is 11.1 Å². The second-order valence-corrected chi connectivity index (χ2v) is 7.88. The van der Waals surface area contributed by atoms with Crippen molar-refractivity contribution in [3.63, 3.8) is 0 Å². The normalized spacial score (nSPS) is 11.7. The molecule has 0 radical (unpaired) electrons. The third-order valence-electron chi connectivity index (χ3n) is 3.68. The minimum Gasteiger partial charge on any atom is -0.506 e. The van der Waals surface area contributed by atoms with E-state index in [2.05, 4.69) is 20.2 Å². The van der Waals surface area contributed by atoms with Gasteiger partial charge in [0.15, 0.2) is 0 Å². The number of amides is 1. The molecule has 1 amide bonds. The molecule has 31 heavy (non-hydrogen) atoms. The van der Waals surface area contributed by atoms with E-state index in [-0.39, 0.29) is 21.0 Å². The van der Waals surface area contributed by atoms with Gasteiger partial charge in [0.1, 0.15) is 5.75 Å². The van der Waals surface area contributed by atoms with Gasteiger partial charge in [-0.2, -0.15) is 18.4 Å². The van der Waals surface area contributed by atoms with E-state index in [0.717, 1.165) is 18.2 Å². The van der Waals surface area contributed by atoms with Crippen molar-refractivity contribution in [3.05, 3.63) is 47.2 Å². The van der Waals surface area contributed by atoms with Crippen LogP contribution in [0.4, 0.5) is 24.5 Å². The van der Waals surface area contributed by atoms with Gasteiger partial charge in [0, 0.05) is 6.07 Å². The van der Waals surface area contributed by atoms with Gasteiger partial charge < -0.3 is 5.11 Å². The average molecular weight is 475 g/mol. The van der Waals surface area contributed by atoms with E-state index in [0.29, 0.717) is 5.69 Å². The van der Waals surface area contributed by atoms with Gasteiger partial charge in [-0.15, -0.1) is 0 Å². The molecule has 0 spiro atoms. The van der Waals surface area contributed by atoms with Gasteiger partial charge in [-0.05, 0) is 42.5 Å². The fourth-order valence-corrected chi connectivity index (χ4v) is 3.54. The van der Waals surface area contributed by atoms with Crippen LogP contribution in [0.15, 0.2) is 47.4 Å². The van der Waals surface area contributed by atoms with E-state index >= 15 is 0 Å². The predicted octanol–water partition coefficient (Wildman–Crippen LogP) is 1.84. The number of phenols is 1. The van der Waals surface area contributed by atoms with Crippen molar-refractivity contribution >= 4 is 39.5 Å². The molecule has 0 saturated heterocycles. The Morgan fingerprint density at radius 3 is 2.55 bits per heavy atom. The maximum absolute atomic E-state index is 12.7. The fourth-order valence-electron chi connectivity index (χ4n) is 2.27. The van der Waals surface area contributed by atoms with Gasteiger partial charge in [0.2, 0.25) is 4.77 Å². The zero-order valence-electron chi connectivity index (χ0n) is 15.0. The Morgan fingerprint density at radius 1 is 1.19 bits per heavy atom. The van der Waals surface area contributed by atoms with Crippen molar-refractivity contribution in [2.75, 3.05) is 10.1 Å². The Kier molecular flexibility index (Phi) is 5.85. The fraction of sp³-hybridized carbons (Fsp3) is 0.0667. The summed E-state index contributed by atoms with van der Waals surface area (Å²) in [5.74, 6) is -2.89. The van der Waals surface area contributed by atoms with E-state index in [1.807, 2.05) is 5.43 Å². The molecule has 0 saturated carbocycles. The minimum absolute atomic E-state index is 0.0770. The zero-order chi connectivity index (χ0) is 22.8. The Hall–Kier alpha value is -3.66. The Labute approximate surface area is 176 Å². The number of hydrazine groups is 1. The summed E-state index contributed by atoms with van der Waals surface area (Å²) in [6, 6.07) is 8.80. The molecular weight excluding hydrogens is 463 g/mol. The van der Waals surface area contributed by atoms with Gasteiger partial charge in [0.25, 0.3) is 10.0 Å². The summed E-state index contributed by atoms with van der Waals surface area (Å²) >= 11 is 4.96. The molecule has 0 fully saturated rings. The second-order valence-electron chi connectivity index (χ2n) is 5.83. The first kappa shape index (κ1) is 22.0. The number of alkyl halides is 3. The third-order valence-corrected chi connectivity index (χ3v) is 5.32. The number of H-pyrrole nitrogens is 1. The Balaban J connectivity index is 1.78. The zero-order valence-corrected chi connectivity index (χ0v) is 16.6. The highest BCUT2D eigenvalue weighted by Crippen LogP contribution is 2.28. The number of carbonyl (C=O) groups is 1. The highest BCUT2D eigenvalue weighted by molar-refractivity contribution is 7.92. The number of halogens is 3. The number of aromatic amines is 1. The molecule has 1 heterocycles. The number of anilines is 2. The summed E-state index contributed by atoms with van der Waals surface area (Å²) in [5.41, 5.74) is 3.23. The van der Waals surface area contributed by atoms with Gasteiger partial charge in [-0.25, -0.2) is 13.1 Å². The maximum Gasteiger partial charge on any atom is 0.472 e. The average Bonchev–Trinajstić information content (AvgIpc) is 3.12. The largest absolute Gasteiger partial charge is 0.506 e. The standard InChI is InChI=1S/C15H12F3N7O4S2/c16-15(17,18)13(27)20-19-11-5-4-8(6-12(11)26)22-31(28,29)10-3-1-2-9(7-10)25-14(30)21-23-24-25/h1-7,19,22,26H,(H,20,27)(H,21,24,30). The van der Waals surface area contributed by atoms with E-state index in [9.17, 15) is 31.5 Å². The topological polar surface area (TPSA) is 154 Å². The van der Waals surface area contributed by atoms with Gasteiger partial charge in [-0.3, -0.25) is 20.4 Å². The van der Waals surface area contributed by atoms with Gasteiger partial charge in [-0.1, -0.05) is 16.4 Å². The molecule has 16 heteroatoms. The molecule has 11 nitrogen and oxygen atoms in total. The van der Waals surface area contributed by atoms with Crippen molar-refractivity contribution in [1.82, 2.24) is 25.6 Å². The van der Waals surface area contributed by atoms with E-state index in [1.165, 1.54) is 28.3 Å². The summed E-state index contributed by atoms with van der Waals surface area (Å²) in [7, 11) is -4.12. The number of nitrogens with one attached hydrogen (secondary N) is 4. The summed E-state index contributed by atoms with van der Waals surface area (Å²) < 4.78 is 65.5. The lowest BCUT2D eigenvalue weighted by Gasteiger charge is -2.13. The number of aromatic nitrogens is 4. The summed E-state index contributed by atoms with van der Waals surface area (Å²) in [5, 5.41) is 19.5. The first-order chi connectivity index (χ1) is 14.5. The van der Waals surface area contributed by atoms with Crippen LogP contribution in [0.1, 0.15) is 0 Å². The lowest BCUT2D eigenvalue weighted by molar-refractivity contribution is -0.173. The number of carbonyl (C=O) groups excluding carboxylic acids is 1. The molecule has 0 bridgehead atoms. The van der Waals surface area contributed by atoms with Crippen molar-refractivity contribution < 1.29 is 31.5 Å². The molecule has 3 aromatic rings. The molecule has 0 unspecified atom stereocenters. The smallest absolute Gasteiger partial charge is 0.472 e. The van der Waals surface area contributed by atoms with Crippen LogP contribution < -0.4 is 15.6 Å². The molecule has 3 rings (SSSR count). The number of sulfonamides is 1. The number of nitrogens with zero attached hydrogens (tertiary/aromatic N) is 3. The van der Waals surface area contributed by atoms with Gasteiger partial charge in [0.05, 0.1) is 22.0 Å². The first-order valence-electron chi connectivity index (χ1n) is 8.07. The number of hydrogen-bond acceptors (Lipinski definition) is 8. The Bertz CT molecular complexity index is 1290. The van der Waals surface area contributed by atoms with Crippen LogP contribution in [0.25, 0.3) is 5.69 Å². The van der Waals surface area contributed by atoms with Crippen molar-refractivity contribution in [3.8, 4) is 11.4 Å². The number of aromatic hydroxyl groups is 1. The molecule has 5 N–H and O–H groups in total. The number of phenolic OH excluding ortho intramolecular Hbond substituents is 1. The highest BCUT2D eigenvalue weighted by Gasteiger charge is 2.38. The van der Waals surface area contributed by atoms with Crippen molar-refractivity contribution in [2.24, 2.45) is 0 Å².